The van der Waals surface area contributed by atoms with Crippen LogP contribution in [0.15, 0.2) is 0 Å². The molecular weight excluding hydrogens is 131 g/mol. The zero-order chi connectivity index (χ0) is 6.91. The fraction of sp³-hybridized carbons (Fsp3) is 1.00. The summed E-state index contributed by atoms with van der Waals surface area (Å²) in [5.41, 5.74) is -2.25. The number of rotatable bonds is 1. The Bertz CT molecular complexity index is 108. The van der Waals surface area contributed by atoms with Gasteiger partial charge in [-0.1, -0.05) is 0 Å². The van der Waals surface area contributed by atoms with Crippen LogP contribution in [-0.2, 0) is 0 Å². The predicted octanol–water partition coefficient (Wildman–Crippen LogP) is 0.606. The van der Waals surface area contributed by atoms with Crippen LogP contribution in [0.1, 0.15) is 0 Å². The summed E-state index contributed by atoms with van der Waals surface area (Å²) >= 11 is 0. The lowest BCUT2D eigenvalue weighted by Gasteiger charge is -2.15. The summed E-state index contributed by atoms with van der Waals surface area (Å²) in [7, 11) is 0. The van der Waals surface area contributed by atoms with Crippen LogP contribution in [0.2, 0.25) is 0 Å². The van der Waals surface area contributed by atoms with Crippen LogP contribution in [0.4, 0.5) is 13.2 Å². The van der Waals surface area contributed by atoms with Crippen LogP contribution in [0.5, 0.6) is 0 Å². The first-order valence-corrected chi connectivity index (χ1v) is 2.79. The highest BCUT2D eigenvalue weighted by Gasteiger charge is 2.44. The first kappa shape index (κ1) is 6.86. The molecule has 0 bridgehead atoms. The molecule has 0 aromatic carbocycles. The van der Waals surface area contributed by atoms with Gasteiger partial charge in [0.15, 0.2) is 11.8 Å². The quantitative estimate of drug-likeness (QED) is 0.561. The Balaban J connectivity index is 2.56. The molecule has 0 saturated carbocycles. The summed E-state index contributed by atoms with van der Waals surface area (Å²) < 4.78 is 36.6. The van der Waals surface area contributed by atoms with E-state index in [4.69, 9.17) is 0 Å². The van der Waals surface area contributed by atoms with E-state index in [-0.39, 0.29) is 13.1 Å². The first-order chi connectivity index (χ1) is 4.19. The third kappa shape index (κ3) is 1.03. The average Bonchev–Trinajstić information content (AvgIpc) is 2.15. The molecule has 4 heteroatoms. The SMILES string of the molecule is FCC1(F)CNCC1F. The van der Waals surface area contributed by atoms with Gasteiger partial charge in [-0.2, -0.15) is 0 Å². The highest BCUT2D eigenvalue weighted by molar-refractivity contribution is 4.96. The van der Waals surface area contributed by atoms with Crippen molar-refractivity contribution in [2.45, 2.75) is 11.8 Å². The minimum Gasteiger partial charge on any atom is -0.310 e. The van der Waals surface area contributed by atoms with Crippen LogP contribution in [0, 0.1) is 0 Å². The minimum absolute atomic E-state index is 0.0690. The number of nitrogens with one attached hydrogen (secondary N) is 1. The van der Waals surface area contributed by atoms with E-state index < -0.39 is 18.5 Å². The molecular formula is C5H8F3N. The second-order valence-electron chi connectivity index (χ2n) is 2.27. The van der Waals surface area contributed by atoms with E-state index in [0.29, 0.717) is 0 Å². The third-order valence-corrected chi connectivity index (χ3v) is 1.53. The van der Waals surface area contributed by atoms with E-state index in [1.165, 1.54) is 0 Å². The maximum absolute atomic E-state index is 12.6. The lowest BCUT2D eigenvalue weighted by atomic mass is 10.1. The largest absolute Gasteiger partial charge is 0.310 e. The smallest absolute Gasteiger partial charge is 0.183 e. The molecule has 0 aromatic rings. The number of alkyl halides is 3. The Labute approximate surface area is 51.2 Å². The van der Waals surface area contributed by atoms with Gasteiger partial charge in [0, 0.05) is 13.1 Å². The molecule has 1 fully saturated rings. The fourth-order valence-corrected chi connectivity index (χ4v) is 0.831. The van der Waals surface area contributed by atoms with Crippen molar-refractivity contribution in [3.63, 3.8) is 0 Å². The van der Waals surface area contributed by atoms with Crippen molar-refractivity contribution in [2.75, 3.05) is 19.8 Å². The van der Waals surface area contributed by atoms with Crippen LogP contribution in [0.3, 0.4) is 0 Å². The molecule has 0 radical (unpaired) electrons. The maximum atomic E-state index is 12.6. The Morgan fingerprint density at radius 1 is 1.67 bits per heavy atom. The van der Waals surface area contributed by atoms with Crippen molar-refractivity contribution in [1.82, 2.24) is 5.32 Å². The van der Waals surface area contributed by atoms with Crippen molar-refractivity contribution in [3.05, 3.63) is 0 Å². The molecule has 0 aliphatic carbocycles. The molecule has 1 rings (SSSR count). The lowest BCUT2D eigenvalue weighted by molar-refractivity contribution is 0.0662. The molecule has 54 valence electrons. The molecule has 0 amide bonds. The molecule has 1 heterocycles. The van der Waals surface area contributed by atoms with Crippen molar-refractivity contribution < 1.29 is 13.2 Å². The Kier molecular flexibility index (Phi) is 1.66. The summed E-state index contributed by atoms with van der Waals surface area (Å²) in [6, 6.07) is 0. The zero-order valence-corrected chi connectivity index (χ0v) is 4.83. The van der Waals surface area contributed by atoms with Gasteiger partial charge in [0.05, 0.1) is 0 Å². The van der Waals surface area contributed by atoms with Gasteiger partial charge in [-0.3, -0.25) is 0 Å². The van der Waals surface area contributed by atoms with Gasteiger partial charge in [0.2, 0.25) is 0 Å². The van der Waals surface area contributed by atoms with Crippen molar-refractivity contribution in [3.8, 4) is 0 Å². The second-order valence-corrected chi connectivity index (χ2v) is 2.27. The number of hydrogen-bond acceptors (Lipinski definition) is 1. The molecule has 1 saturated heterocycles. The van der Waals surface area contributed by atoms with Crippen LogP contribution >= 0.6 is 0 Å². The summed E-state index contributed by atoms with van der Waals surface area (Å²) in [6.07, 6.45) is -1.68. The van der Waals surface area contributed by atoms with Gasteiger partial charge in [0.1, 0.15) is 6.67 Å². The van der Waals surface area contributed by atoms with E-state index in [9.17, 15) is 13.2 Å². The normalized spacial score (nSPS) is 43.7. The molecule has 9 heavy (non-hydrogen) atoms. The molecule has 2 unspecified atom stereocenters. The van der Waals surface area contributed by atoms with Crippen molar-refractivity contribution in [2.24, 2.45) is 0 Å². The van der Waals surface area contributed by atoms with Crippen molar-refractivity contribution >= 4 is 0 Å². The highest BCUT2D eigenvalue weighted by atomic mass is 19.2. The molecule has 1 aliphatic rings. The molecule has 2 atom stereocenters. The Morgan fingerprint density at radius 3 is 2.56 bits per heavy atom. The van der Waals surface area contributed by atoms with Crippen LogP contribution < -0.4 is 5.32 Å². The van der Waals surface area contributed by atoms with Gasteiger partial charge < -0.3 is 5.32 Å². The molecule has 1 aliphatic heterocycles. The Hall–Kier alpha value is -0.250. The van der Waals surface area contributed by atoms with Gasteiger partial charge in [-0.15, -0.1) is 0 Å². The summed E-state index contributed by atoms with van der Waals surface area (Å²) in [5.74, 6) is 0. The summed E-state index contributed by atoms with van der Waals surface area (Å²) in [5, 5.41) is 2.42. The predicted molar refractivity (Wildman–Crippen MR) is 27.6 cm³/mol. The number of halogens is 3. The van der Waals surface area contributed by atoms with Gasteiger partial charge in [-0.25, -0.2) is 13.2 Å². The van der Waals surface area contributed by atoms with Crippen LogP contribution in [-0.4, -0.2) is 31.6 Å². The standard InChI is InChI=1S/C5H8F3N/c6-2-5(8)3-9-1-4(5)7/h4,9H,1-3H2. The molecule has 1 N–H and O–H groups in total. The van der Waals surface area contributed by atoms with Gasteiger partial charge in [0.25, 0.3) is 0 Å². The fourth-order valence-electron chi connectivity index (χ4n) is 0.831. The first-order valence-electron chi connectivity index (χ1n) is 2.79. The molecule has 0 spiro atoms. The average molecular weight is 139 g/mol. The monoisotopic (exact) mass is 139 g/mol. The van der Waals surface area contributed by atoms with E-state index >= 15 is 0 Å². The van der Waals surface area contributed by atoms with E-state index in [0.717, 1.165) is 0 Å². The maximum Gasteiger partial charge on any atom is 0.183 e. The lowest BCUT2D eigenvalue weighted by Crippen LogP contribution is -2.36. The number of hydrogen-bond donors (Lipinski definition) is 1. The van der Waals surface area contributed by atoms with E-state index in [1.807, 2.05) is 0 Å². The molecule has 1 nitrogen and oxygen atoms in total. The highest BCUT2D eigenvalue weighted by Crippen LogP contribution is 2.23. The van der Waals surface area contributed by atoms with Crippen LogP contribution in [0.25, 0.3) is 0 Å². The third-order valence-electron chi connectivity index (χ3n) is 1.53. The van der Waals surface area contributed by atoms with E-state index in [2.05, 4.69) is 5.32 Å². The summed E-state index contributed by atoms with van der Waals surface area (Å²) in [4.78, 5) is 0. The van der Waals surface area contributed by atoms with Crippen molar-refractivity contribution in [1.29, 1.82) is 0 Å². The topological polar surface area (TPSA) is 12.0 Å². The van der Waals surface area contributed by atoms with Gasteiger partial charge >= 0.3 is 0 Å². The minimum atomic E-state index is -2.25. The Morgan fingerprint density at radius 2 is 2.33 bits per heavy atom. The molecule has 0 aromatic heterocycles. The zero-order valence-electron chi connectivity index (χ0n) is 4.83. The second kappa shape index (κ2) is 2.17. The summed E-state index contributed by atoms with van der Waals surface area (Å²) in [6.45, 7) is -1.51. The van der Waals surface area contributed by atoms with E-state index in [1.54, 1.807) is 0 Å². The van der Waals surface area contributed by atoms with Gasteiger partial charge in [-0.05, 0) is 0 Å².